The molecule has 2 heterocycles. The molecule has 1 aromatic heterocycles. The second-order valence-electron chi connectivity index (χ2n) is 4.56. The zero-order chi connectivity index (χ0) is 14.7. The van der Waals surface area contributed by atoms with Crippen LogP contribution >= 0.6 is 0 Å². The standard InChI is InChI=1S/C12H16N4O4/c1-2-14-7-9(16(19)20)6-10(14)12(18)15-5-3-4-13-11(17)8-15/h6-7H,2-5,8H2,1H3,(H,13,17). The number of aryl methyl sites for hydroxylation is 1. The van der Waals surface area contributed by atoms with Gasteiger partial charge in [-0.3, -0.25) is 19.7 Å². The number of nitrogens with zero attached hydrogens (tertiary/aromatic N) is 3. The SMILES string of the molecule is CCn1cc([N+](=O)[O-])cc1C(=O)N1CCCNC(=O)C1. The molecule has 0 aliphatic carbocycles. The maximum Gasteiger partial charge on any atom is 0.287 e. The van der Waals surface area contributed by atoms with Gasteiger partial charge in [0.15, 0.2) is 0 Å². The average molecular weight is 280 g/mol. The predicted octanol–water partition coefficient (Wildman–Crippen LogP) is 0.378. The van der Waals surface area contributed by atoms with Crippen LogP contribution in [0, 0.1) is 10.1 Å². The largest absolute Gasteiger partial charge is 0.354 e. The normalized spacial score (nSPS) is 15.7. The van der Waals surface area contributed by atoms with E-state index >= 15 is 0 Å². The van der Waals surface area contributed by atoms with Gasteiger partial charge < -0.3 is 14.8 Å². The monoisotopic (exact) mass is 280 g/mol. The van der Waals surface area contributed by atoms with Gasteiger partial charge in [0, 0.05) is 25.7 Å². The zero-order valence-electron chi connectivity index (χ0n) is 11.2. The Labute approximate surface area is 115 Å². The molecule has 0 radical (unpaired) electrons. The summed E-state index contributed by atoms with van der Waals surface area (Å²) in [6.07, 6.45) is 2.01. The van der Waals surface area contributed by atoms with Crippen molar-refractivity contribution < 1.29 is 14.5 Å². The summed E-state index contributed by atoms with van der Waals surface area (Å²) in [4.78, 5) is 35.6. The summed E-state index contributed by atoms with van der Waals surface area (Å²) in [6, 6.07) is 1.26. The van der Waals surface area contributed by atoms with Crippen molar-refractivity contribution in [1.82, 2.24) is 14.8 Å². The lowest BCUT2D eigenvalue weighted by molar-refractivity contribution is -0.384. The number of hydrogen-bond donors (Lipinski definition) is 1. The first-order valence-corrected chi connectivity index (χ1v) is 6.43. The van der Waals surface area contributed by atoms with Crippen LogP contribution in [0.25, 0.3) is 0 Å². The van der Waals surface area contributed by atoms with Crippen LogP contribution in [0.3, 0.4) is 0 Å². The Morgan fingerprint density at radius 1 is 1.55 bits per heavy atom. The van der Waals surface area contributed by atoms with E-state index in [4.69, 9.17) is 0 Å². The van der Waals surface area contributed by atoms with E-state index in [1.54, 1.807) is 6.92 Å². The minimum atomic E-state index is -0.530. The van der Waals surface area contributed by atoms with Gasteiger partial charge in [-0.2, -0.15) is 0 Å². The van der Waals surface area contributed by atoms with Crippen molar-refractivity contribution in [3.63, 3.8) is 0 Å². The molecular formula is C12H16N4O4. The lowest BCUT2D eigenvalue weighted by atomic mass is 10.3. The molecule has 2 rings (SSSR count). The molecule has 1 aliphatic heterocycles. The average Bonchev–Trinajstić information content (AvgIpc) is 2.74. The molecule has 108 valence electrons. The maximum absolute atomic E-state index is 12.4. The van der Waals surface area contributed by atoms with Crippen molar-refractivity contribution in [2.24, 2.45) is 0 Å². The molecule has 0 saturated carbocycles. The highest BCUT2D eigenvalue weighted by atomic mass is 16.6. The minimum Gasteiger partial charge on any atom is -0.354 e. The Kier molecular flexibility index (Phi) is 4.02. The van der Waals surface area contributed by atoms with Crippen LogP contribution in [0.5, 0.6) is 0 Å². The topological polar surface area (TPSA) is 97.5 Å². The lowest BCUT2D eigenvalue weighted by Gasteiger charge is -2.19. The van der Waals surface area contributed by atoms with Gasteiger partial charge in [-0.25, -0.2) is 0 Å². The van der Waals surface area contributed by atoms with Crippen molar-refractivity contribution in [3.8, 4) is 0 Å². The molecule has 8 nitrogen and oxygen atoms in total. The van der Waals surface area contributed by atoms with Crippen molar-refractivity contribution in [2.75, 3.05) is 19.6 Å². The molecule has 20 heavy (non-hydrogen) atoms. The van der Waals surface area contributed by atoms with E-state index < -0.39 is 4.92 Å². The van der Waals surface area contributed by atoms with E-state index in [0.717, 1.165) is 0 Å². The van der Waals surface area contributed by atoms with Gasteiger partial charge >= 0.3 is 0 Å². The number of carbonyl (C=O) groups excluding carboxylic acids is 2. The first-order valence-electron chi connectivity index (χ1n) is 6.43. The van der Waals surface area contributed by atoms with E-state index in [9.17, 15) is 19.7 Å². The maximum atomic E-state index is 12.4. The number of carbonyl (C=O) groups is 2. The van der Waals surface area contributed by atoms with Crippen LogP contribution < -0.4 is 5.32 Å². The van der Waals surface area contributed by atoms with Gasteiger partial charge in [0.25, 0.3) is 11.6 Å². The molecule has 1 aliphatic rings. The zero-order valence-corrected chi connectivity index (χ0v) is 11.2. The second-order valence-corrected chi connectivity index (χ2v) is 4.56. The van der Waals surface area contributed by atoms with Crippen molar-refractivity contribution in [2.45, 2.75) is 19.9 Å². The Morgan fingerprint density at radius 2 is 2.30 bits per heavy atom. The van der Waals surface area contributed by atoms with Crippen molar-refractivity contribution >= 4 is 17.5 Å². The highest BCUT2D eigenvalue weighted by molar-refractivity contribution is 5.96. The summed E-state index contributed by atoms with van der Waals surface area (Å²) in [5.41, 5.74) is 0.128. The molecule has 8 heteroatoms. The first kappa shape index (κ1) is 14.0. The van der Waals surface area contributed by atoms with Crippen molar-refractivity contribution in [1.29, 1.82) is 0 Å². The fourth-order valence-electron chi connectivity index (χ4n) is 2.18. The Balaban J connectivity index is 2.27. The van der Waals surface area contributed by atoms with Crippen LogP contribution in [0.2, 0.25) is 0 Å². The number of hydrogen-bond acceptors (Lipinski definition) is 4. The van der Waals surface area contributed by atoms with E-state index in [2.05, 4.69) is 5.32 Å². The van der Waals surface area contributed by atoms with E-state index in [1.807, 2.05) is 0 Å². The molecule has 2 amide bonds. The van der Waals surface area contributed by atoms with Crippen LogP contribution in [-0.4, -0.2) is 45.8 Å². The Bertz CT molecular complexity index is 552. The fraction of sp³-hybridized carbons (Fsp3) is 0.500. The summed E-state index contributed by atoms with van der Waals surface area (Å²) in [5, 5.41) is 13.5. The number of nitrogens with one attached hydrogen (secondary N) is 1. The summed E-state index contributed by atoms with van der Waals surface area (Å²) in [5.74, 6) is -0.558. The van der Waals surface area contributed by atoms with Gasteiger partial charge in [-0.1, -0.05) is 0 Å². The first-order chi connectivity index (χ1) is 9.52. The van der Waals surface area contributed by atoms with Crippen LogP contribution in [0.1, 0.15) is 23.8 Å². The molecule has 0 unspecified atom stereocenters. The third kappa shape index (κ3) is 2.79. The Hall–Kier alpha value is -2.38. The molecular weight excluding hydrogens is 264 g/mol. The van der Waals surface area contributed by atoms with Crippen LogP contribution in [0.4, 0.5) is 5.69 Å². The van der Waals surface area contributed by atoms with Gasteiger partial charge in [0.05, 0.1) is 17.7 Å². The smallest absolute Gasteiger partial charge is 0.287 e. The van der Waals surface area contributed by atoms with Crippen LogP contribution in [0.15, 0.2) is 12.3 Å². The van der Waals surface area contributed by atoms with Gasteiger partial charge in [0.2, 0.25) is 5.91 Å². The van der Waals surface area contributed by atoms with E-state index in [0.29, 0.717) is 26.1 Å². The molecule has 1 fully saturated rings. The second kappa shape index (κ2) is 5.72. The summed E-state index contributed by atoms with van der Waals surface area (Å²) in [7, 11) is 0. The molecule has 0 atom stereocenters. The summed E-state index contributed by atoms with van der Waals surface area (Å²) in [6.45, 7) is 3.24. The molecule has 1 N–H and O–H groups in total. The molecule has 0 bridgehead atoms. The Morgan fingerprint density at radius 3 is 2.95 bits per heavy atom. The number of aromatic nitrogens is 1. The third-order valence-corrected chi connectivity index (χ3v) is 3.20. The van der Waals surface area contributed by atoms with Crippen LogP contribution in [-0.2, 0) is 11.3 Å². The number of amides is 2. The third-order valence-electron chi connectivity index (χ3n) is 3.20. The molecule has 0 aromatic carbocycles. The van der Waals surface area contributed by atoms with Crippen molar-refractivity contribution in [3.05, 3.63) is 28.1 Å². The number of nitro groups is 1. The summed E-state index contributed by atoms with van der Waals surface area (Å²) >= 11 is 0. The molecule has 1 aromatic rings. The molecule has 1 saturated heterocycles. The summed E-state index contributed by atoms with van der Waals surface area (Å²) < 4.78 is 1.53. The number of rotatable bonds is 3. The fourth-order valence-corrected chi connectivity index (χ4v) is 2.18. The minimum absolute atomic E-state index is 0.0124. The van der Waals surface area contributed by atoms with Gasteiger partial charge in [-0.05, 0) is 13.3 Å². The van der Waals surface area contributed by atoms with E-state index in [1.165, 1.54) is 21.7 Å². The molecule has 0 spiro atoms. The lowest BCUT2D eigenvalue weighted by Crippen LogP contribution is -2.38. The highest BCUT2D eigenvalue weighted by Crippen LogP contribution is 2.18. The van der Waals surface area contributed by atoms with Gasteiger partial charge in [-0.15, -0.1) is 0 Å². The quantitative estimate of drug-likeness (QED) is 0.639. The van der Waals surface area contributed by atoms with E-state index in [-0.39, 0.29) is 29.7 Å². The highest BCUT2D eigenvalue weighted by Gasteiger charge is 2.25. The van der Waals surface area contributed by atoms with Gasteiger partial charge in [0.1, 0.15) is 5.69 Å². The predicted molar refractivity (Wildman–Crippen MR) is 70.3 cm³/mol.